The van der Waals surface area contributed by atoms with Crippen LogP contribution in [0.2, 0.25) is 0 Å². The maximum atomic E-state index is 5.27. The van der Waals surface area contributed by atoms with Gasteiger partial charge < -0.3 is 11.1 Å². The molecule has 3 heteroatoms. The van der Waals surface area contributed by atoms with Crippen LogP contribution in [0.3, 0.4) is 0 Å². The predicted molar refractivity (Wildman–Crippen MR) is 44.1 cm³/mol. The maximum Gasteiger partial charge on any atom is 0.00103 e. The quantitative estimate of drug-likeness (QED) is 0.584. The molecule has 0 aliphatic heterocycles. The van der Waals surface area contributed by atoms with Crippen molar-refractivity contribution in [3.63, 3.8) is 0 Å². The third kappa shape index (κ3) is 11.7. The van der Waals surface area contributed by atoms with Crippen molar-refractivity contribution in [1.29, 1.82) is 0 Å². The lowest BCUT2D eigenvalue weighted by Gasteiger charge is -2.04. The summed E-state index contributed by atoms with van der Waals surface area (Å²) in [4.78, 5) is 0. The largest absolute Gasteiger partial charge is 0.330 e. The van der Waals surface area contributed by atoms with E-state index < -0.39 is 0 Å². The van der Waals surface area contributed by atoms with E-state index in [1.165, 1.54) is 0 Å². The van der Waals surface area contributed by atoms with Crippen LogP contribution in [0, 0.1) is 0 Å². The molecule has 0 fully saturated rings. The second-order valence-corrected chi connectivity index (χ2v) is 2.25. The highest BCUT2D eigenvalue weighted by molar-refractivity contribution is 5.85. The summed E-state index contributed by atoms with van der Waals surface area (Å²) in [5.41, 5.74) is 5.27. The van der Waals surface area contributed by atoms with Crippen LogP contribution in [-0.4, -0.2) is 19.1 Å². The van der Waals surface area contributed by atoms with Gasteiger partial charge in [-0.2, -0.15) is 0 Å². The summed E-state index contributed by atoms with van der Waals surface area (Å²) in [6, 6.07) is 0.599. The Balaban J connectivity index is 0. The average Bonchev–Trinajstić information content (AvgIpc) is 1.66. The standard InChI is InChI=1S/C6H16N2.ClH/c1-6(2)8-5-3-4-7;/h6,8H,3-5,7H2,1-2H3;1H. The first kappa shape index (κ1) is 11.9. The van der Waals surface area contributed by atoms with Crippen LogP contribution in [0.5, 0.6) is 0 Å². The average molecular weight is 153 g/mol. The molecule has 0 spiro atoms. The lowest BCUT2D eigenvalue weighted by Crippen LogP contribution is -2.25. The second kappa shape index (κ2) is 8.21. The van der Waals surface area contributed by atoms with Gasteiger partial charge >= 0.3 is 0 Å². The molecular formula is C6H17ClN2. The highest BCUT2D eigenvalue weighted by Gasteiger charge is 1.87. The molecule has 0 bridgehead atoms. The SMILES string of the molecule is CC(C)NCCCN.Cl. The molecule has 0 unspecified atom stereocenters. The van der Waals surface area contributed by atoms with Crippen molar-refractivity contribution >= 4 is 12.4 Å². The van der Waals surface area contributed by atoms with Crippen LogP contribution < -0.4 is 11.1 Å². The first-order valence-electron chi connectivity index (χ1n) is 3.21. The van der Waals surface area contributed by atoms with Gasteiger partial charge in [0.1, 0.15) is 0 Å². The minimum atomic E-state index is 0. The fraction of sp³-hybridized carbons (Fsp3) is 1.00. The molecule has 0 heterocycles. The molecule has 0 amide bonds. The van der Waals surface area contributed by atoms with Gasteiger partial charge in [-0.3, -0.25) is 0 Å². The smallest absolute Gasteiger partial charge is 0.00103 e. The topological polar surface area (TPSA) is 38.0 Å². The van der Waals surface area contributed by atoms with Gasteiger partial charge in [-0.05, 0) is 19.5 Å². The van der Waals surface area contributed by atoms with Crippen molar-refractivity contribution in [1.82, 2.24) is 5.32 Å². The molecule has 58 valence electrons. The molecule has 0 rings (SSSR count). The predicted octanol–water partition coefficient (Wildman–Crippen LogP) is 0.755. The van der Waals surface area contributed by atoms with Gasteiger partial charge in [-0.15, -0.1) is 12.4 Å². The normalized spacial score (nSPS) is 9.33. The summed E-state index contributed by atoms with van der Waals surface area (Å²) in [5.74, 6) is 0. The van der Waals surface area contributed by atoms with Crippen molar-refractivity contribution in [2.45, 2.75) is 26.3 Å². The first-order valence-corrected chi connectivity index (χ1v) is 3.21. The molecule has 0 saturated heterocycles. The van der Waals surface area contributed by atoms with Gasteiger partial charge in [0.25, 0.3) is 0 Å². The Morgan fingerprint density at radius 1 is 1.44 bits per heavy atom. The second-order valence-electron chi connectivity index (χ2n) is 2.25. The Morgan fingerprint density at radius 2 is 2.00 bits per heavy atom. The van der Waals surface area contributed by atoms with Crippen LogP contribution in [0.15, 0.2) is 0 Å². The lowest BCUT2D eigenvalue weighted by molar-refractivity contribution is 0.574. The Hall–Kier alpha value is 0.210. The Kier molecular flexibility index (Phi) is 10.9. The molecule has 0 aromatic rings. The van der Waals surface area contributed by atoms with Gasteiger partial charge in [0.15, 0.2) is 0 Å². The van der Waals surface area contributed by atoms with E-state index in [1.54, 1.807) is 0 Å². The monoisotopic (exact) mass is 152 g/mol. The van der Waals surface area contributed by atoms with Gasteiger partial charge in [0.2, 0.25) is 0 Å². The summed E-state index contributed by atoms with van der Waals surface area (Å²) >= 11 is 0. The molecule has 0 atom stereocenters. The van der Waals surface area contributed by atoms with E-state index in [2.05, 4.69) is 19.2 Å². The highest BCUT2D eigenvalue weighted by Crippen LogP contribution is 1.76. The van der Waals surface area contributed by atoms with E-state index >= 15 is 0 Å². The Labute approximate surface area is 63.6 Å². The summed E-state index contributed by atoms with van der Waals surface area (Å²) < 4.78 is 0. The number of hydrogen-bond acceptors (Lipinski definition) is 2. The summed E-state index contributed by atoms with van der Waals surface area (Å²) in [7, 11) is 0. The van der Waals surface area contributed by atoms with Gasteiger partial charge in [0, 0.05) is 6.04 Å². The fourth-order valence-corrected chi connectivity index (χ4v) is 0.493. The number of halogens is 1. The minimum Gasteiger partial charge on any atom is -0.330 e. The Morgan fingerprint density at radius 3 is 2.33 bits per heavy atom. The Bertz CT molecular complexity index is 48.3. The van der Waals surface area contributed by atoms with Crippen molar-refractivity contribution in [3.8, 4) is 0 Å². The van der Waals surface area contributed by atoms with Crippen molar-refractivity contribution in [3.05, 3.63) is 0 Å². The zero-order chi connectivity index (χ0) is 6.41. The molecule has 3 N–H and O–H groups in total. The van der Waals surface area contributed by atoms with Gasteiger partial charge in [0.05, 0.1) is 0 Å². The van der Waals surface area contributed by atoms with E-state index in [9.17, 15) is 0 Å². The van der Waals surface area contributed by atoms with Gasteiger partial charge in [-0.1, -0.05) is 13.8 Å². The molecule has 0 aromatic heterocycles. The van der Waals surface area contributed by atoms with Crippen LogP contribution in [0.4, 0.5) is 0 Å². The zero-order valence-electron chi connectivity index (χ0n) is 6.18. The van der Waals surface area contributed by atoms with E-state index in [0.29, 0.717) is 6.04 Å². The van der Waals surface area contributed by atoms with Crippen molar-refractivity contribution < 1.29 is 0 Å². The third-order valence-electron chi connectivity index (χ3n) is 0.933. The molecule has 0 aliphatic carbocycles. The molecule has 0 aliphatic rings. The molecule has 0 saturated carbocycles. The van der Waals surface area contributed by atoms with E-state index in [0.717, 1.165) is 19.5 Å². The number of nitrogens with two attached hydrogens (primary N) is 1. The summed E-state index contributed by atoms with van der Waals surface area (Å²) in [6.45, 7) is 6.11. The minimum absolute atomic E-state index is 0. The van der Waals surface area contributed by atoms with Crippen LogP contribution >= 0.6 is 12.4 Å². The lowest BCUT2D eigenvalue weighted by atomic mass is 10.3. The molecule has 0 radical (unpaired) electrons. The maximum absolute atomic E-state index is 5.27. The third-order valence-corrected chi connectivity index (χ3v) is 0.933. The van der Waals surface area contributed by atoms with Crippen molar-refractivity contribution in [2.75, 3.05) is 13.1 Å². The highest BCUT2D eigenvalue weighted by atomic mass is 35.5. The number of rotatable bonds is 4. The van der Waals surface area contributed by atoms with Gasteiger partial charge in [-0.25, -0.2) is 0 Å². The summed E-state index contributed by atoms with van der Waals surface area (Å²) in [6.07, 6.45) is 1.08. The molecular weight excluding hydrogens is 136 g/mol. The molecule has 0 aromatic carbocycles. The fourth-order valence-electron chi connectivity index (χ4n) is 0.493. The van der Waals surface area contributed by atoms with Crippen LogP contribution in [0.1, 0.15) is 20.3 Å². The van der Waals surface area contributed by atoms with Crippen molar-refractivity contribution in [2.24, 2.45) is 5.73 Å². The molecule has 9 heavy (non-hydrogen) atoms. The zero-order valence-corrected chi connectivity index (χ0v) is 7.00. The van der Waals surface area contributed by atoms with E-state index in [1.807, 2.05) is 0 Å². The number of nitrogens with one attached hydrogen (secondary N) is 1. The van der Waals surface area contributed by atoms with Crippen LogP contribution in [0.25, 0.3) is 0 Å². The van der Waals surface area contributed by atoms with Crippen LogP contribution in [-0.2, 0) is 0 Å². The first-order chi connectivity index (χ1) is 3.77. The van der Waals surface area contributed by atoms with E-state index in [4.69, 9.17) is 5.73 Å². The number of hydrogen-bond donors (Lipinski definition) is 2. The summed E-state index contributed by atoms with van der Waals surface area (Å²) in [5, 5.41) is 3.27. The molecule has 2 nitrogen and oxygen atoms in total. The van der Waals surface area contributed by atoms with E-state index in [-0.39, 0.29) is 12.4 Å².